The van der Waals surface area contributed by atoms with Crippen molar-refractivity contribution in [3.05, 3.63) is 182 Å². The van der Waals surface area contributed by atoms with Crippen molar-refractivity contribution in [3.8, 4) is 67.7 Å². The maximum atomic E-state index is 5.13. The smallest absolute Gasteiger partial charge is 0.164 e. The fourth-order valence-electron chi connectivity index (χ4n) is 6.68. The third-order valence-electron chi connectivity index (χ3n) is 9.12. The summed E-state index contributed by atoms with van der Waals surface area (Å²) >= 11 is 0. The number of nitrogens with zero attached hydrogens (tertiary/aromatic N) is 4. The molecule has 0 fully saturated rings. The lowest BCUT2D eigenvalue weighted by atomic mass is 9.92. The van der Waals surface area contributed by atoms with E-state index in [2.05, 4.69) is 115 Å². The first kappa shape index (κ1) is 29.4. The first-order chi connectivity index (χ1) is 24.8. The normalized spacial score (nSPS) is 11.2. The molecule has 0 spiro atoms. The third kappa shape index (κ3) is 5.49. The number of aromatic nitrogens is 4. The molecule has 4 heteroatoms. The summed E-state index contributed by atoms with van der Waals surface area (Å²) in [6, 6.07) is 62.9. The molecule has 0 aliphatic carbocycles. The van der Waals surface area contributed by atoms with E-state index in [1.807, 2.05) is 66.7 Å². The lowest BCUT2D eigenvalue weighted by Gasteiger charge is -2.14. The predicted molar refractivity (Wildman–Crippen MR) is 205 cm³/mol. The first-order valence-electron chi connectivity index (χ1n) is 16.7. The van der Waals surface area contributed by atoms with Crippen molar-refractivity contribution < 1.29 is 0 Å². The van der Waals surface area contributed by atoms with E-state index in [1.165, 1.54) is 10.9 Å². The van der Waals surface area contributed by atoms with E-state index in [0.29, 0.717) is 17.5 Å². The largest absolute Gasteiger partial charge is 0.247 e. The van der Waals surface area contributed by atoms with E-state index >= 15 is 0 Å². The molecule has 9 rings (SSSR count). The molecule has 234 valence electrons. The number of pyridine rings is 1. The van der Waals surface area contributed by atoms with Crippen LogP contribution >= 0.6 is 0 Å². The Balaban J connectivity index is 1.12. The molecule has 0 amide bonds. The minimum atomic E-state index is 0.640. The summed E-state index contributed by atoms with van der Waals surface area (Å²) in [5, 5.41) is 3.51. The molecule has 0 atom stereocenters. The quantitative estimate of drug-likeness (QED) is 0.170. The SMILES string of the molecule is c1ccc(-c2nc(-c3ccccc3)nc(-c3cccc(-c4ccc(-c5cccc6c(-c7ccccc7)nc7ccccc7c56)cc4)c3)n2)cc1. The summed E-state index contributed by atoms with van der Waals surface area (Å²) < 4.78 is 0. The standard InChI is InChI=1S/C46H30N4/c1-4-14-33(15-5-1)43-40-24-13-23-38(42(40)39-22-10-11-25-41(39)47-43)32-28-26-31(27-29-32)36-20-12-21-37(30-36)46-49-44(34-16-6-2-7-17-34)48-45(50-46)35-18-8-3-9-19-35/h1-30H. The van der Waals surface area contributed by atoms with Crippen LogP contribution in [0.5, 0.6) is 0 Å². The van der Waals surface area contributed by atoms with E-state index in [1.54, 1.807) is 0 Å². The highest BCUT2D eigenvalue weighted by Gasteiger charge is 2.16. The second-order valence-electron chi connectivity index (χ2n) is 12.3. The molecule has 50 heavy (non-hydrogen) atoms. The fourth-order valence-corrected chi connectivity index (χ4v) is 6.68. The van der Waals surface area contributed by atoms with Gasteiger partial charge in [0.25, 0.3) is 0 Å². The Morgan fingerprint density at radius 1 is 0.280 bits per heavy atom. The van der Waals surface area contributed by atoms with Crippen molar-refractivity contribution in [2.75, 3.05) is 0 Å². The molecule has 0 saturated carbocycles. The highest BCUT2D eigenvalue weighted by molar-refractivity contribution is 6.17. The van der Waals surface area contributed by atoms with Crippen molar-refractivity contribution in [3.63, 3.8) is 0 Å². The lowest BCUT2D eigenvalue weighted by molar-refractivity contribution is 1.07. The molecule has 0 radical (unpaired) electrons. The van der Waals surface area contributed by atoms with Gasteiger partial charge in [-0.1, -0.05) is 170 Å². The summed E-state index contributed by atoms with van der Waals surface area (Å²) in [5.74, 6) is 1.94. The second kappa shape index (κ2) is 12.7. The molecule has 0 N–H and O–H groups in total. The van der Waals surface area contributed by atoms with Gasteiger partial charge in [0.15, 0.2) is 17.5 Å². The van der Waals surface area contributed by atoms with Crippen LogP contribution in [0.25, 0.3) is 89.4 Å². The number of fused-ring (bicyclic) bond motifs is 3. The van der Waals surface area contributed by atoms with E-state index < -0.39 is 0 Å². The maximum Gasteiger partial charge on any atom is 0.164 e. The monoisotopic (exact) mass is 638 g/mol. The lowest BCUT2D eigenvalue weighted by Crippen LogP contribution is -2.00. The Hall–Kier alpha value is -6.78. The second-order valence-corrected chi connectivity index (χ2v) is 12.3. The Morgan fingerprint density at radius 3 is 1.42 bits per heavy atom. The van der Waals surface area contributed by atoms with Gasteiger partial charge in [-0.05, 0) is 34.4 Å². The van der Waals surface area contributed by atoms with Crippen LogP contribution in [0.2, 0.25) is 0 Å². The predicted octanol–water partition coefficient (Wildman–Crippen LogP) is 11.6. The molecular formula is C46H30N4. The average molecular weight is 639 g/mol. The molecule has 4 nitrogen and oxygen atoms in total. The van der Waals surface area contributed by atoms with Crippen molar-refractivity contribution in [2.24, 2.45) is 0 Å². The molecule has 0 aliphatic rings. The van der Waals surface area contributed by atoms with E-state index in [9.17, 15) is 0 Å². The summed E-state index contributed by atoms with van der Waals surface area (Å²) in [6.07, 6.45) is 0. The van der Waals surface area contributed by atoms with Gasteiger partial charge in [-0.3, -0.25) is 0 Å². The highest BCUT2D eigenvalue weighted by atomic mass is 15.0. The molecule has 0 unspecified atom stereocenters. The Morgan fingerprint density at radius 2 is 0.760 bits per heavy atom. The molecule has 2 aromatic heterocycles. The number of benzene rings is 7. The zero-order valence-electron chi connectivity index (χ0n) is 27.1. The maximum absolute atomic E-state index is 5.13. The van der Waals surface area contributed by atoms with Gasteiger partial charge in [0.05, 0.1) is 11.2 Å². The van der Waals surface area contributed by atoms with Gasteiger partial charge in [0.1, 0.15) is 0 Å². The van der Waals surface area contributed by atoms with Gasteiger partial charge in [-0.2, -0.15) is 0 Å². The summed E-state index contributed by atoms with van der Waals surface area (Å²) in [4.78, 5) is 19.9. The van der Waals surface area contributed by atoms with Gasteiger partial charge >= 0.3 is 0 Å². The topological polar surface area (TPSA) is 51.6 Å². The molecule has 0 aliphatic heterocycles. The van der Waals surface area contributed by atoms with Crippen LogP contribution in [-0.2, 0) is 0 Å². The van der Waals surface area contributed by atoms with Gasteiger partial charge in [-0.15, -0.1) is 0 Å². The van der Waals surface area contributed by atoms with Gasteiger partial charge < -0.3 is 0 Å². The molecule has 0 saturated heterocycles. The highest BCUT2D eigenvalue weighted by Crippen LogP contribution is 2.39. The first-order valence-corrected chi connectivity index (χ1v) is 16.7. The minimum absolute atomic E-state index is 0.640. The van der Waals surface area contributed by atoms with E-state index in [0.717, 1.165) is 60.9 Å². The van der Waals surface area contributed by atoms with Crippen LogP contribution in [-0.4, -0.2) is 19.9 Å². The average Bonchev–Trinajstić information content (AvgIpc) is 3.21. The number of para-hydroxylation sites is 1. The van der Waals surface area contributed by atoms with Gasteiger partial charge in [-0.25, -0.2) is 19.9 Å². The van der Waals surface area contributed by atoms with Crippen LogP contribution < -0.4 is 0 Å². The van der Waals surface area contributed by atoms with Gasteiger partial charge in [0.2, 0.25) is 0 Å². The zero-order valence-corrected chi connectivity index (χ0v) is 27.1. The fraction of sp³-hybridized carbons (Fsp3) is 0. The van der Waals surface area contributed by atoms with Crippen molar-refractivity contribution >= 4 is 21.7 Å². The van der Waals surface area contributed by atoms with Crippen molar-refractivity contribution in [1.29, 1.82) is 0 Å². The Kier molecular flexibility index (Phi) is 7.45. The number of rotatable bonds is 6. The molecule has 9 aromatic rings. The van der Waals surface area contributed by atoms with E-state index in [-0.39, 0.29) is 0 Å². The minimum Gasteiger partial charge on any atom is -0.247 e. The van der Waals surface area contributed by atoms with Crippen LogP contribution in [0.15, 0.2) is 182 Å². The molecule has 0 bridgehead atoms. The summed E-state index contributed by atoms with van der Waals surface area (Å²) in [7, 11) is 0. The molecule has 7 aromatic carbocycles. The molecular weight excluding hydrogens is 609 g/mol. The van der Waals surface area contributed by atoms with Crippen molar-refractivity contribution in [1.82, 2.24) is 19.9 Å². The van der Waals surface area contributed by atoms with Gasteiger partial charge in [0, 0.05) is 38.4 Å². The van der Waals surface area contributed by atoms with Crippen LogP contribution in [0.4, 0.5) is 0 Å². The number of hydrogen-bond donors (Lipinski definition) is 0. The van der Waals surface area contributed by atoms with E-state index in [4.69, 9.17) is 19.9 Å². The van der Waals surface area contributed by atoms with Crippen LogP contribution in [0, 0.1) is 0 Å². The zero-order chi connectivity index (χ0) is 33.3. The van der Waals surface area contributed by atoms with Crippen LogP contribution in [0.1, 0.15) is 0 Å². The Labute approximate surface area is 290 Å². The summed E-state index contributed by atoms with van der Waals surface area (Å²) in [6.45, 7) is 0. The number of hydrogen-bond acceptors (Lipinski definition) is 4. The third-order valence-corrected chi connectivity index (χ3v) is 9.12. The Bertz CT molecular complexity index is 2560. The van der Waals surface area contributed by atoms with Crippen molar-refractivity contribution in [2.45, 2.75) is 0 Å². The summed E-state index contributed by atoms with van der Waals surface area (Å²) in [5.41, 5.74) is 10.5. The molecule has 2 heterocycles. The van der Waals surface area contributed by atoms with Crippen LogP contribution in [0.3, 0.4) is 0 Å².